The van der Waals surface area contributed by atoms with Crippen molar-refractivity contribution in [2.75, 3.05) is 4.72 Å². The van der Waals surface area contributed by atoms with Gasteiger partial charge in [0.1, 0.15) is 5.60 Å². The zero-order chi connectivity index (χ0) is 15.8. The van der Waals surface area contributed by atoms with E-state index in [0.29, 0.717) is 29.7 Å². The summed E-state index contributed by atoms with van der Waals surface area (Å²) in [6.07, 6.45) is 1.40. The van der Waals surface area contributed by atoms with Crippen molar-refractivity contribution in [3.63, 3.8) is 0 Å². The maximum atomic E-state index is 12.2. The topological polar surface area (TPSA) is 66.4 Å². The van der Waals surface area contributed by atoms with Crippen molar-refractivity contribution in [1.29, 1.82) is 0 Å². The van der Waals surface area contributed by atoms with Crippen LogP contribution in [0.1, 0.15) is 30.9 Å². The largest absolute Gasteiger partial charge is 0.381 e. The van der Waals surface area contributed by atoms with Crippen molar-refractivity contribution in [1.82, 2.24) is 0 Å². The van der Waals surface area contributed by atoms with Gasteiger partial charge in [-0.25, -0.2) is 8.42 Å². The lowest BCUT2D eigenvalue weighted by atomic mass is 9.87. The Morgan fingerprint density at radius 3 is 2.27 bits per heavy atom. The summed E-state index contributed by atoms with van der Waals surface area (Å²) in [5.41, 5.74) is 0.422. The normalized spacial score (nSPS) is 17.7. The number of para-hydroxylation sites is 1. The van der Waals surface area contributed by atoms with Gasteiger partial charge in [-0.15, -0.1) is 0 Å². The first-order valence-corrected chi connectivity index (χ1v) is 8.85. The van der Waals surface area contributed by atoms with Crippen molar-refractivity contribution in [3.05, 3.63) is 65.7 Å². The van der Waals surface area contributed by atoms with Gasteiger partial charge in [-0.2, -0.15) is 0 Å². The van der Waals surface area contributed by atoms with E-state index < -0.39 is 15.6 Å². The lowest BCUT2D eigenvalue weighted by molar-refractivity contribution is 0.103. The second-order valence-corrected chi connectivity index (χ2v) is 7.79. The Morgan fingerprint density at radius 2 is 1.64 bits per heavy atom. The molecule has 0 bridgehead atoms. The Labute approximate surface area is 130 Å². The average Bonchev–Trinajstić information content (AvgIpc) is 3.33. The molecule has 116 valence electrons. The minimum absolute atomic E-state index is 0.303. The Bertz CT molecular complexity index is 766. The molecule has 1 saturated carbocycles. The van der Waals surface area contributed by atoms with Crippen molar-refractivity contribution in [3.8, 4) is 0 Å². The van der Waals surface area contributed by atoms with Gasteiger partial charge in [0.25, 0.3) is 0 Å². The summed E-state index contributed by atoms with van der Waals surface area (Å²) in [6, 6.07) is 16.2. The fraction of sp³-hybridized carbons (Fsp3) is 0.294. The van der Waals surface area contributed by atoms with Crippen LogP contribution in [0.5, 0.6) is 0 Å². The summed E-state index contributed by atoms with van der Waals surface area (Å²) in [4.78, 5) is 0. The van der Waals surface area contributed by atoms with E-state index in [0.717, 1.165) is 0 Å². The fourth-order valence-electron chi connectivity index (χ4n) is 2.53. The summed E-state index contributed by atoms with van der Waals surface area (Å²) in [5, 5.41) is 10.7. The quantitative estimate of drug-likeness (QED) is 0.891. The summed E-state index contributed by atoms with van der Waals surface area (Å²) in [7, 11) is -3.37. The molecule has 5 heteroatoms. The number of hydrogen-bond donors (Lipinski definition) is 2. The molecule has 0 aromatic heterocycles. The van der Waals surface area contributed by atoms with E-state index in [1.807, 2.05) is 30.3 Å². The van der Waals surface area contributed by atoms with Crippen molar-refractivity contribution >= 4 is 15.7 Å². The number of benzene rings is 2. The van der Waals surface area contributed by atoms with Gasteiger partial charge >= 0.3 is 0 Å². The maximum Gasteiger partial charge on any atom is 0.235 e. The molecule has 0 heterocycles. The van der Waals surface area contributed by atoms with Crippen LogP contribution in [0.2, 0.25) is 0 Å². The molecule has 22 heavy (non-hydrogen) atoms. The Morgan fingerprint density at radius 1 is 1.05 bits per heavy atom. The van der Waals surface area contributed by atoms with E-state index in [2.05, 4.69) is 4.72 Å². The third kappa shape index (κ3) is 2.87. The lowest BCUT2D eigenvalue weighted by Gasteiger charge is -2.27. The molecule has 0 radical (unpaired) electrons. The molecule has 3 rings (SSSR count). The smallest absolute Gasteiger partial charge is 0.235 e. The lowest BCUT2D eigenvalue weighted by Crippen LogP contribution is -2.26. The van der Waals surface area contributed by atoms with Gasteiger partial charge in [0.05, 0.1) is 10.9 Å². The number of aliphatic hydroxyl groups is 1. The standard InChI is InChI=1S/C17H19NO3S/c1-17(19,13-7-3-2-4-8-13)15-9-5-6-10-16(15)18-22(20,21)14-11-12-14/h2-10,14,18-19H,11-12H2,1H3. The molecule has 1 aliphatic carbocycles. The molecule has 0 spiro atoms. The molecule has 0 amide bonds. The number of anilines is 1. The highest BCUT2D eigenvalue weighted by Gasteiger charge is 2.37. The first-order valence-electron chi connectivity index (χ1n) is 7.30. The second kappa shape index (κ2) is 5.41. The highest BCUT2D eigenvalue weighted by molar-refractivity contribution is 7.93. The van der Waals surface area contributed by atoms with E-state index in [1.54, 1.807) is 31.2 Å². The Hall–Kier alpha value is -1.85. The molecular weight excluding hydrogens is 298 g/mol. The van der Waals surface area contributed by atoms with Crippen LogP contribution in [-0.4, -0.2) is 18.8 Å². The Balaban J connectivity index is 2.01. The SMILES string of the molecule is CC(O)(c1ccccc1)c1ccccc1NS(=O)(=O)C1CC1. The molecule has 2 N–H and O–H groups in total. The van der Waals surface area contributed by atoms with Crippen LogP contribution in [0.3, 0.4) is 0 Å². The van der Waals surface area contributed by atoms with Crippen molar-refractivity contribution in [2.24, 2.45) is 0 Å². The van der Waals surface area contributed by atoms with Gasteiger partial charge in [-0.3, -0.25) is 4.72 Å². The van der Waals surface area contributed by atoms with E-state index in [-0.39, 0.29) is 5.25 Å². The molecule has 1 atom stereocenters. The minimum Gasteiger partial charge on any atom is -0.381 e. The van der Waals surface area contributed by atoms with Gasteiger partial charge in [-0.05, 0) is 31.4 Å². The fourth-order valence-corrected chi connectivity index (χ4v) is 3.94. The highest BCUT2D eigenvalue weighted by Crippen LogP contribution is 2.36. The molecule has 4 nitrogen and oxygen atoms in total. The van der Waals surface area contributed by atoms with E-state index in [4.69, 9.17) is 0 Å². The van der Waals surface area contributed by atoms with Crippen LogP contribution in [0.4, 0.5) is 5.69 Å². The van der Waals surface area contributed by atoms with Gasteiger partial charge in [-0.1, -0.05) is 48.5 Å². The number of rotatable bonds is 5. The van der Waals surface area contributed by atoms with Gasteiger partial charge in [0, 0.05) is 5.56 Å². The van der Waals surface area contributed by atoms with Crippen LogP contribution in [0.25, 0.3) is 0 Å². The van der Waals surface area contributed by atoms with Gasteiger partial charge < -0.3 is 5.11 Å². The van der Waals surface area contributed by atoms with Gasteiger partial charge in [0.15, 0.2) is 0 Å². The predicted molar refractivity (Wildman–Crippen MR) is 87.1 cm³/mol. The monoisotopic (exact) mass is 317 g/mol. The second-order valence-electron chi connectivity index (χ2n) is 5.83. The van der Waals surface area contributed by atoms with E-state index in [1.165, 1.54) is 0 Å². The number of nitrogens with one attached hydrogen (secondary N) is 1. The summed E-state index contributed by atoms with van der Waals surface area (Å²) < 4.78 is 27.0. The van der Waals surface area contributed by atoms with Crippen LogP contribution in [0, 0.1) is 0 Å². The van der Waals surface area contributed by atoms with Crippen molar-refractivity contribution < 1.29 is 13.5 Å². The summed E-state index contributed by atoms with van der Waals surface area (Å²) in [6.45, 7) is 1.67. The molecule has 1 unspecified atom stereocenters. The first kappa shape index (κ1) is 15.1. The molecular formula is C17H19NO3S. The maximum absolute atomic E-state index is 12.2. The van der Waals surface area contributed by atoms with Crippen LogP contribution >= 0.6 is 0 Å². The van der Waals surface area contributed by atoms with Crippen LogP contribution in [0.15, 0.2) is 54.6 Å². The zero-order valence-electron chi connectivity index (χ0n) is 12.4. The van der Waals surface area contributed by atoms with Crippen LogP contribution in [-0.2, 0) is 15.6 Å². The molecule has 2 aromatic carbocycles. The van der Waals surface area contributed by atoms with E-state index >= 15 is 0 Å². The number of sulfonamides is 1. The predicted octanol–water partition coefficient (Wildman–Crippen LogP) is 2.85. The summed E-state index contributed by atoms with van der Waals surface area (Å²) >= 11 is 0. The average molecular weight is 317 g/mol. The third-order valence-electron chi connectivity index (χ3n) is 4.00. The van der Waals surface area contributed by atoms with Gasteiger partial charge in [0.2, 0.25) is 10.0 Å². The molecule has 1 fully saturated rings. The van der Waals surface area contributed by atoms with Crippen molar-refractivity contribution in [2.45, 2.75) is 30.6 Å². The van der Waals surface area contributed by atoms with Crippen LogP contribution < -0.4 is 4.72 Å². The summed E-state index contributed by atoms with van der Waals surface area (Å²) in [5.74, 6) is 0. The van der Waals surface area contributed by atoms with E-state index in [9.17, 15) is 13.5 Å². The molecule has 2 aromatic rings. The molecule has 1 aliphatic rings. The number of hydrogen-bond acceptors (Lipinski definition) is 3. The highest BCUT2D eigenvalue weighted by atomic mass is 32.2. The molecule has 0 aliphatic heterocycles. The Kier molecular flexibility index (Phi) is 3.70. The first-order chi connectivity index (χ1) is 10.4. The third-order valence-corrected chi connectivity index (χ3v) is 5.86. The zero-order valence-corrected chi connectivity index (χ0v) is 13.2. The molecule has 0 saturated heterocycles. The minimum atomic E-state index is -3.37.